The fraction of sp³-hybridized carbons (Fsp3) is 0.143. The summed E-state index contributed by atoms with van der Waals surface area (Å²) in [4.78, 5) is 28.2. The number of carbonyl (C=O) groups is 1. The zero-order valence-electron chi connectivity index (χ0n) is 12.0. The fourth-order valence-corrected chi connectivity index (χ4v) is 2.11. The molecule has 0 aliphatic rings. The molecule has 7 nitrogen and oxygen atoms in total. The Kier molecular flexibility index (Phi) is 3.61. The van der Waals surface area contributed by atoms with E-state index in [1.54, 1.807) is 7.05 Å². The van der Waals surface area contributed by atoms with E-state index in [9.17, 15) is 18.4 Å². The number of rotatable bonds is 3. The number of aromatic nitrogens is 4. The van der Waals surface area contributed by atoms with Crippen LogP contribution in [0.25, 0.3) is 11.0 Å². The largest absolute Gasteiger partial charge is 0.322 e. The van der Waals surface area contributed by atoms with E-state index in [-0.39, 0.29) is 17.6 Å². The van der Waals surface area contributed by atoms with E-state index in [0.29, 0.717) is 11.7 Å². The van der Waals surface area contributed by atoms with Crippen LogP contribution in [0.5, 0.6) is 0 Å². The van der Waals surface area contributed by atoms with E-state index < -0.39 is 23.1 Å². The molecule has 0 atom stereocenters. The van der Waals surface area contributed by atoms with Crippen molar-refractivity contribution in [3.8, 4) is 0 Å². The molecular weight excluding hydrogens is 308 g/mol. The van der Waals surface area contributed by atoms with Gasteiger partial charge in [-0.05, 0) is 12.1 Å². The van der Waals surface area contributed by atoms with Crippen LogP contribution in [0, 0.1) is 11.6 Å². The summed E-state index contributed by atoms with van der Waals surface area (Å²) in [5, 5.41) is 6.47. The summed E-state index contributed by atoms with van der Waals surface area (Å²) in [5.41, 5.74) is -0.200. The third kappa shape index (κ3) is 2.80. The minimum Gasteiger partial charge on any atom is -0.322 e. The standard InChI is InChI=1S/C14H11F2N5O2/c1-20-13-9(5-18-20)14(23)21(7-17-13)6-12(22)19-11-3-2-8(15)4-10(11)16/h2-5,7H,6H2,1H3,(H,19,22). The average Bonchev–Trinajstić information content (AvgIpc) is 2.87. The molecule has 118 valence electrons. The summed E-state index contributed by atoms with van der Waals surface area (Å²) in [6, 6.07) is 2.78. The van der Waals surface area contributed by atoms with Gasteiger partial charge in [-0.15, -0.1) is 0 Å². The van der Waals surface area contributed by atoms with Crippen molar-refractivity contribution in [2.24, 2.45) is 7.05 Å². The summed E-state index contributed by atoms with van der Waals surface area (Å²) >= 11 is 0. The minimum absolute atomic E-state index is 0.167. The molecule has 0 unspecified atom stereocenters. The Morgan fingerprint density at radius 2 is 2.13 bits per heavy atom. The number of amides is 1. The quantitative estimate of drug-likeness (QED) is 0.782. The van der Waals surface area contributed by atoms with Crippen LogP contribution in [-0.2, 0) is 18.4 Å². The average molecular weight is 319 g/mol. The number of nitrogens with zero attached hydrogens (tertiary/aromatic N) is 4. The van der Waals surface area contributed by atoms with E-state index in [1.165, 1.54) is 17.2 Å². The molecule has 0 aliphatic heterocycles. The summed E-state index contributed by atoms with van der Waals surface area (Å²) in [7, 11) is 1.64. The van der Waals surface area contributed by atoms with Gasteiger partial charge in [0.25, 0.3) is 5.56 Å². The lowest BCUT2D eigenvalue weighted by atomic mass is 10.3. The zero-order valence-corrected chi connectivity index (χ0v) is 12.0. The number of anilines is 1. The molecular formula is C14H11F2N5O2. The zero-order chi connectivity index (χ0) is 16.6. The Balaban J connectivity index is 1.83. The highest BCUT2D eigenvalue weighted by molar-refractivity contribution is 5.90. The maximum Gasteiger partial charge on any atom is 0.264 e. The Morgan fingerprint density at radius 1 is 1.35 bits per heavy atom. The van der Waals surface area contributed by atoms with Gasteiger partial charge in [0, 0.05) is 13.1 Å². The molecule has 1 N–H and O–H groups in total. The monoisotopic (exact) mass is 319 g/mol. The van der Waals surface area contributed by atoms with Gasteiger partial charge in [0.2, 0.25) is 5.91 Å². The van der Waals surface area contributed by atoms with E-state index in [4.69, 9.17) is 0 Å². The molecule has 0 radical (unpaired) electrons. The second kappa shape index (κ2) is 5.59. The lowest BCUT2D eigenvalue weighted by molar-refractivity contribution is -0.116. The summed E-state index contributed by atoms with van der Waals surface area (Å²) in [5.74, 6) is -2.28. The van der Waals surface area contributed by atoms with Gasteiger partial charge in [-0.1, -0.05) is 0 Å². The number of fused-ring (bicyclic) bond motifs is 1. The molecule has 0 saturated heterocycles. The van der Waals surface area contributed by atoms with Crippen LogP contribution in [0.15, 0.2) is 35.5 Å². The first-order valence-electron chi connectivity index (χ1n) is 6.58. The van der Waals surface area contributed by atoms with Crippen molar-refractivity contribution in [2.45, 2.75) is 6.54 Å². The van der Waals surface area contributed by atoms with E-state index >= 15 is 0 Å². The third-order valence-electron chi connectivity index (χ3n) is 3.24. The van der Waals surface area contributed by atoms with Crippen LogP contribution in [0.1, 0.15) is 0 Å². The molecule has 3 rings (SSSR count). The highest BCUT2D eigenvalue weighted by Gasteiger charge is 2.12. The number of carbonyl (C=O) groups excluding carboxylic acids is 1. The van der Waals surface area contributed by atoms with Gasteiger partial charge in [0.05, 0.1) is 11.9 Å². The number of benzene rings is 1. The highest BCUT2D eigenvalue weighted by Crippen LogP contribution is 2.14. The molecule has 0 aliphatic carbocycles. The first-order chi connectivity index (χ1) is 11.0. The number of hydrogen-bond acceptors (Lipinski definition) is 4. The Morgan fingerprint density at radius 3 is 2.87 bits per heavy atom. The van der Waals surface area contributed by atoms with Crippen LogP contribution < -0.4 is 10.9 Å². The number of hydrogen-bond donors (Lipinski definition) is 1. The molecule has 1 amide bonds. The SMILES string of the molecule is Cn1ncc2c(=O)n(CC(=O)Nc3ccc(F)cc3F)cnc21. The predicted octanol–water partition coefficient (Wildman–Crippen LogP) is 1.05. The van der Waals surface area contributed by atoms with Gasteiger partial charge < -0.3 is 5.32 Å². The lowest BCUT2D eigenvalue weighted by Gasteiger charge is -2.08. The van der Waals surface area contributed by atoms with E-state index in [0.717, 1.165) is 16.7 Å². The highest BCUT2D eigenvalue weighted by atomic mass is 19.1. The normalized spacial score (nSPS) is 10.9. The molecule has 0 saturated carbocycles. The summed E-state index contributed by atoms with van der Waals surface area (Å²) < 4.78 is 28.8. The predicted molar refractivity (Wildman–Crippen MR) is 77.8 cm³/mol. The van der Waals surface area contributed by atoms with Crippen molar-refractivity contribution >= 4 is 22.6 Å². The molecule has 2 aromatic heterocycles. The molecule has 0 fully saturated rings. The van der Waals surface area contributed by atoms with Crippen molar-refractivity contribution in [2.75, 3.05) is 5.32 Å². The number of halogens is 2. The number of nitrogens with one attached hydrogen (secondary N) is 1. The molecule has 2 heterocycles. The molecule has 9 heteroatoms. The Bertz CT molecular complexity index is 963. The second-order valence-corrected chi connectivity index (χ2v) is 4.86. The van der Waals surface area contributed by atoms with Crippen LogP contribution in [0.4, 0.5) is 14.5 Å². The summed E-state index contributed by atoms with van der Waals surface area (Å²) in [6.45, 7) is -0.354. The third-order valence-corrected chi connectivity index (χ3v) is 3.24. The summed E-state index contributed by atoms with van der Waals surface area (Å²) in [6.07, 6.45) is 2.58. The van der Waals surface area contributed by atoms with E-state index in [2.05, 4.69) is 15.4 Å². The lowest BCUT2D eigenvalue weighted by Crippen LogP contribution is -2.28. The first kappa shape index (κ1) is 14.8. The van der Waals surface area contributed by atoms with Gasteiger partial charge in [-0.3, -0.25) is 18.8 Å². The number of aryl methyl sites for hydroxylation is 1. The van der Waals surface area contributed by atoms with Crippen LogP contribution >= 0.6 is 0 Å². The van der Waals surface area contributed by atoms with Crippen molar-refractivity contribution in [3.63, 3.8) is 0 Å². The van der Waals surface area contributed by atoms with Gasteiger partial charge in [0.15, 0.2) is 5.65 Å². The van der Waals surface area contributed by atoms with Gasteiger partial charge in [0.1, 0.15) is 29.9 Å². The van der Waals surface area contributed by atoms with Crippen LogP contribution in [0.3, 0.4) is 0 Å². The Hall–Kier alpha value is -3.10. The van der Waals surface area contributed by atoms with Crippen molar-refractivity contribution in [1.82, 2.24) is 19.3 Å². The molecule has 23 heavy (non-hydrogen) atoms. The Labute approximate surface area is 128 Å². The second-order valence-electron chi connectivity index (χ2n) is 4.86. The van der Waals surface area contributed by atoms with Crippen molar-refractivity contribution in [3.05, 3.63) is 52.7 Å². The van der Waals surface area contributed by atoms with Crippen LogP contribution in [0.2, 0.25) is 0 Å². The first-order valence-corrected chi connectivity index (χ1v) is 6.58. The van der Waals surface area contributed by atoms with Gasteiger partial charge in [-0.2, -0.15) is 5.10 Å². The maximum absolute atomic E-state index is 13.5. The topological polar surface area (TPSA) is 81.8 Å². The van der Waals surface area contributed by atoms with E-state index in [1.807, 2.05) is 0 Å². The van der Waals surface area contributed by atoms with Gasteiger partial charge in [-0.25, -0.2) is 13.8 Å². The molecule has 3 aromatic rings. The molecule has 0 spiro atoms. The molecule has 1 aromatic carbocycles. The molecule has 0 bridgehead atoms. The van der Waals surface area contributed by atoms with Crippen molar-refractivity contribution in [1.29, 1.82) is 0 Å². The fourth-order valence-electron chi connectivity index (χ4n) is 2.11. The van der Waals surface area contributed by atoms with Gasteiger partial charge >= 0.3 is 0 Å². The van der Waals surface area contributed by atoms with Crippen LogP contribution in [-0.4, -0.2) is 25.2 Å². The smallest absolute Gasteiger partial charge is 0.264 e. The minimum atomic E-state index is -0.897. The van der Waals surface area contributed by atoms with Crippen molar-refractivity contribution < 1.29 is 13.6 Å². The maximum atomic E-state index is 13.5.